The van der Waals surface area contributed by atoms with E-state index in [1.165, 1.54) is 6.08 Å². The van der Waals surface area contributed by atoms with Crippen molar-refractivity contribution < 1.29 is 4.79 Å². The van der Waals surface area contributed by atoms with Gasteiger partial charge in [0, 0.05) is 18.2 Å². The van der Waals surface area contributed by atoms with E-state index in [0.717, 1.165) is 25.2 Å². The molecule has 0 radical (unpaired) electrons. The van der Waals surface area contributed by atoms with Crippen molar-refractivity contribution in [2.24, 2.45) is 4.99 Å². The normalized spacial score (nSPS) is 20.4. The molecule has 1 aliphatic rings. The third-order valence-corrected chi connectivity index (χ3v) is 2.42. The number of aromatic nitrogens is 1. The van der Waals surface area contributed by atoms with Crippen molar-refractivity contribution in [2.45, 2.75) is 12.3 Å². The molecule has 1 atom stereocenters. The van der Waals surface area contributed by atoms with Crippen LogP contribution in [0.3, 0.4) is 0 Å². The maximum atomic E-state index is 9.99. The van der Waals surface area contributed by atoms with Crippen molar-refractivity contribution in [3.63, 3.8) is 0 Å². The molecule has 2 rings (SSSR count). The smallest absolute Gasteiger partial charge is 0.240 e. The molecule has 4 nitrogen and oxygen atoms in total. The second kappa shape index (κ2) is 4.13. The number of nitrogens with zero attached hydrogens (tertiary/aromatic N) is 2. The zero-order valence-electron chi connectivity index (χ0n) is 7.73. The van der Waals surface area contributed by atoms with Gasteiger partial charge in [0.2, 0.25) is 6.08 Å². The van der Waals surface area contributed by atoms with Crippen molar-refractivity contribution in [1.82, 2.24) is 10.3 Å². The number of isocyanates is 1. The van der Waals surface area contributed by atoms with Gasteiger partial charge in [-0.05, 0) is 25.1 Å². The van der Waals surface area contributed by atoms with Gasteiger partial charge < -0.3 is 5.32 Å². The Morgan fingerprint density at radius 2 is 2.50 bits per heavy atom. The van der Waals surface area contributed by atoms with Crippen LogP contribution in [0.25, 0.3) is 0 Å². The number of pyridine rings is 1. The number of carbonyl (C=O) groups excluding carboxylic acids is 1. The summed E-state index contributed by atoms with van der Waals surface area (Å²) in [5.41, 5.74) is 1.63. The van der Waals surface area contributed by atoms with Gasteiger partial charge in [-0.2, -0.15) is 4.99 Å². The van der Waals surface area contributed by atoms with E-state index in [1.54, 1.807) is 12.3 Å². The van der Waals surface area contributed by atoms with Crippen LogP contribution in [0.2, 0.25) is 0 Å². The monoisotopic (exact) mass is 189 g/mol. The molecule has 0 aliphatic carbocycles. The molecular weight excluding hydrogens is 178 g/mol. The Bertz CT molecular complexity index is 348. The second-order valence-electron chi connectivity index (χ2n) is 3.33. The number of nitrogens with one attached hydrogen (secondary N) is 1. The maximum absolute atomic E-state index is 9.99. The molecule has 1 aromatic rings. The fourth-order valence-corrected chi connectivity index (χ4v) is 1.66. The topological polar surface area (TPSA) is 54.4 Å². The van der Waals surface area contributed by atoms with Gasteiger partial charge in [-0.3, -0.25) is 4.98 Å². The summed E-state index contributed by atoms with van der Waals surface area (Å²) in [7, 11) is 0. The Balaban J connectivity index is 2.16. The molecule has 72 valence electrons. The highest BCUT2D eigenvalue weighted by Gasteiger charge is 2.17. The minimum atomic E-state index is 0.504. The Labute approximate surface area is 82.1 Å². The van der Waals surface area contributed by atoms with E-state index in [1.807, 2.05) is 6.07 Å². The molecule has 0 spiro atoms. The minimum Gasteiger partial charge on any atom is -0.316 e. The minimum absolute atomic E-state index is 0.504. The number of rotatable bonds is 2. The third kappa shape index (κ3) is 1.87. The van der Waals surface area contributed by atoms with E-state index in [-0.39, 0.29) is 0 Å². The first-order valence-corrected chi connectivity index (χ1v) is 4.64. The van der Waals surface area contributed by atoms with Gasteiger partial charge in [0.1, 0.15) is 0 Å². The summed E-state index contributed by atoms with van der Waals surface area (Å²) >= 11 is 0. The first kappa shape index (κ1) is 9.06. The van der Waals surface area contributed by atoms with Crippen LogP contribution in [-0.4, -0.2) is 24.2 Å². The van der Waals surface area contributed by atoms with Gasteiger partial charge in [-0.15, -0.1) is 0 Å². The summed E-state index contributed by atoms with van der Waals surface area (Å²) in [6.45, 7) is 2.05. The van der Waals surface area contributed by atoms with Crippen LogP contribution < -0.4 is 5.32 Å². The average Bonchev–Trinajstić information content (AvgIpc) is 2.72. The molecule has 0 aromatic carbocycles. The summed E-state index contributed by atoms with van der Waals surface area (Å²) in [4.78, 5) is 17.7. The summed E-state index contributed by atoms with van der Waals surface area (Å²) < 4.78 is 0. The molecule has 1 aliphatic heterocycles. The van der Waals surface area contributed by atoms with Crippen LogP contribution in [0.4, 0.5) is 5.69 Å². The Hall–Kier alpha value is -1.51. The zero-order valence-corrected chi connectivity index (χ0v) is 7.73. The molecule has 0 bridgehead atoms. The van der Waals surface area contributed by atoms with Crippen LogP contribution in [0.15, 0.2) is 23.3 Å². The fraction of sp³-hybridized carbons (Fsp3) is 0.400. The van der Waals surface area contributed by atoms with Gasteiger partial charge in [0.05, 0.1) is 11.9 Å². The van der Waals surface area contributed by atoms with Gasteiger partial charge in [-0.1, -0.05) is 0 Å². The van der Waals surface area contributed by atoms with Crippen LogP contribution in [0, 0.1) is 0 Å². The van der Waals surface area contributed by atoms with Crippen molar-refractivity contribution in [2.75, 3.05) is 13.1 Å². The van der Waals surface area contributed by atoms with E-state index in [4.69, 9.17) is 0 Å². The predicted molar refractivity (Wildman–Crippen MR) is 52.2 cm³/mol. The summed E-state index contributed by atoms with van der Waals surface area (Å²) in [6.07, 6.45) is 4.23. The van der Waals surface area contributed by atoms with E-state index < -0.39 is 0 Å². The van der Waals surface area contributed by atoms with E-state index in [2.05, 4.69) is 15.3 Å². The molecule has 4 heteroatoms. The van der Waals surface area contributed by atoms with Crippen molar-refractivity contribution >= 4 is 11.8 Å². The van der Waals surface area contributed by atoms with Crippen molar-refractivity contribution in [3.8, 4) is 0 Å². The molecule has 1 fully saturated rings. The van der Waals surface area contributed by atoms with E-state index in [9.17, 15) is 4.79 Å². The number of aliphatic imine (C=N–C) groups is 1. The standard InChI is InChI=1S/C10H11N3O/c14-7-13-9-1-2-10(12-6-9)8-3-4-11-5-8/h1-2,6,8,11H,3-5H2. The molecule has 2 heterocycles. The molecule has 0 saturated carbocycles. The highest BCUT2D eigenvalue weighted by Crippen LogP contribution is 2.21. The van der Waals surface area contributed by atoms with Gasteiger partial charge in [-0.25, -0.2) is 4.79 Å². The second-order valence-corrected chi connectivity index (χ2v) is 3.33. The maximum Gasteiger partial charge on any atom is 0.240 e. The summed E-state index contributed by atoms with van der Waals surface area (Å²) in [6, 6.07) is 3.72. The number of hydrogen-bond acceptors (Lipinski definition) is 4. The first-order chi connectivity index (χ1) is 6.90. The molecule has 14 heavy (non-hydrogen) atoms. The summed E-state index contributed by atoms with van der Waals surface area (Å²) in [5.74, 6) is 0.504. The molecule has 0 amide bonds. The van der Waals surface area contributed by atoms with Gasteiger partial charge >= 0.3 is 0 Å². The SMILES string of the molecule is O=C=Nc1ccc(C2CCNC2)nc1. The molecular formula is C10H11N3O. The lowest BCUT2D eigenvalue weighted by Gasteiger charge is -2.06. The molecule has 1 aromatic heterocycles. The van der Waals surface area contributed by atoms with Crippen LogP contribution in [0.5, 0.6) is 0 Å². The lowest BCUT2D eigenvalue weighted by Crippen LogP contribution is -2.08. The van der Waals surface area contributed by atoms with Gasteiger partial charge in [0.25, 0.3) is 0 Å². The van der Waals surface area contributed by atoms with E-state index in [0.29, 0.717) is 11.6 Å². The lowest BCUT2D eigenvalue weighted by atomic mass is 10.0. The molecule has 1 saturated heterocycles. The Morgan fingerprint density at radius 3 is 3.07 bits per heavy atom. The highest BCUT2D eigenvalue weighted by molar-refractivity contribution is 5.47. The lowest BCUT2D eigenvalue weighted by molar-refractivity contribution is 0.565. The Morgan fingerprint density at radius 1 is 1.57 bits per heavy atom. The first-order valence-electron chi connectivity index (χ1n) is 4.64. The Kier molecular flexibility index (Phi) is 2.68. The van der Waals surface area contributed by atoms with Gasteiger partial charge in [0.15, 0.2) is 0 Å². The molecule has 1 N–H and O–H groups in total. The van der Waals surface area contributed by atoms with Crippen LogP contribution >= 0.6 is 0 Å². The average molecular weight is 189 g/mol. The quantitative estimate of drug-likeness (QED) is 0.560. The predicted octanol–water partition coefficient (Wildman–Crippen LogP) is 1.13. The highest BCUT2D eigenvalue weighted by atomic mass is 16.1. The van der Waals surface area contributed by atoms with Crippen molar-refractivity contribution in [1.29, 1.82) is 0 Å². The molecule has 1 unspecified atom stereocenters. The number of hydrogen-bond donors (Lipinski definition) is 1. The fourth-order valence-electron chi connectivity index (χ4n) is 1.66. The summed E-state index contributed by atoms with van der Waals surface area (Å²) in [5, 5.41) is 3.28. The van der Waals surface area contributed by atoms with Crippen LogP contribution in [-0.2, 0) is 4.79 Å². The largest absolute Gasteiger partial charge is 0.316 e. The zero-order chi connectivity index (χ0) is 9.80. The van der Waals surface area contributed by atoms with Crippen LogP contribution in [0.1, 0.15) is 18.0 Å². The van der Waals surface area contributed by atoms with E-state index >= 15 is 0 Å². The van der Waals surface area contributed by atoms with Crippen molar-refractivity contribution in [3.05, 3.63) is 24.0 Å². The third-order valence-electron chi connectivity index (χ3n) is 2.42.